The van der Waals surface area contributed by atoms with Crippen LogP contribution in [0, 0.1) is 28.6 Å². The molecule has 3 saturated carbocycles. The number of rotatable bonds is 14. The number of aromatic hydroxyl groups is 1. The summed E-state index contributed by atoms with van der Waals surface area (Å²) in [5, 5.41) is 22.0. The predicted octanol–water partition coefficient (Wildman–Crippen LogP) is 9.34. The van der Waals surface area contributed by atoms with Gasteiger partial charge >= 0.3 is 12.1 Å². The molecule has 6 atom stereocenters. The molecule has 2 N–H and O–H groups in total. The summed E-state index contributed by atoms with van der Waals surface area (Å²) in [5.74, 6) is -1.42. The van der Waals surface area contributed by atoms with Gasteiger partial charge in [0.25, 0.3) is 0 Å². The Labute approximate surface area is 258 Å². The van der Waals surface area contributed by atoms with Gasteiger partial charge in [0.1, 0.15) is 5.75 Å². The van der Waals surface area contributed by atoms with Crippen molar-refractivity contribution in [3.8, 4) is 5.75 Å². The molecule has 0 heterocycles. The number of aliphatic hydroxyl groups excluding tert-OH is 1. The third-order valence-corrected chi connectivity index (χ3v) is 13.2. The Morgan fingerprint density at radius 1 is 0.907 bits per heavy atom. The summed E-state index contributed by atoms with van der Waals surface area (Å²) in [5.41, 5.74) is 3.17. The van der Waals surface area contributed by atoms with Crippen molar-refractivity contribution in [1.29, 1.82) is 0 Å². The van der Waals surface area contributed by atoms with Gasteiger partial charge in [-0.15, -0.1) is 0 Å². The smallest absolute Gasteiger partial charge is 0.453 e. The summed E-state index contributed by atoms with van der Waals surface area (Å²) in [4.78, 5) is 2.27. The molecule has 0 amide bonds. The van der Waals surface area contributed by atoms with Crippen LogP contribution in [0.2, 0.25) is 0 Å². The molecule has 1 spiro atoms. The lowest BCUT2D eigenvalue weighted by Gasteiger charge is -2.55. The van der Waals surface area contributed by atoms with Gasteiger partial charge in [0, 0.05) is 6.42 Å². The first kappa shape index (κ1) is 33.3. The molecule has 0 aromatic heterocycles. The predicted molar refractivity (Wildman–Crippen MR) is 163 cm³/mol. The number of hydrogen-bond acceptors (Lipinski definition) is 4. The fourth-order valence-corrected chi connectivity index (χ4v) is 10.3. The minimum absolute atomic E-state index is 0.141. The second kappa shape index (κ2) is 13.0. The molecule has 43 heavy (non-hydrogen) atoms. The van der Waals surface area contributed by atoms with Gasteiger partial charge in [0.15, 0.2) is 0 Å². The maximum Gasteiger partial charge on any atom is 0.453 e. The molecule has 0 radical (unpaired) electrons. The standard InChI is InChI=1S/C34H50F5NO2S/c1-31-14-11-25-24-10-9-23(41)22-27(24)30(42)26(29(25)28(31)12-15-32(31)16-17-32)8-4-3-5-18-40(2)19-7-21-43-20-6-13-33(35,36)34(37,38)39/h9-10,22,25-26,28-30,41-42H,3-8,11-21H2,1-2H3/t25?,26-,28?,29?,30-,31-/m0/s1. The maximum absolute atomic E-state index is 13.0. The summed E-state index contributed by atoms with van der Waals surface area (Å²) >= 11 is 1.44. The lowest BCUT2D eigenvalue weighted by Crippen LogP contribution is -2.47. The largest absolute Gasteiger partial charge is 0.508 e. The Morgan fingerprint density at radius 2 is 1.63 bits per heavy atom. The third-order valence-electron chi connectivity index (χ3n) is 12.0. The highest BCUT2D eigenvalue weighted by molar-refractivity contribution is 7.99. The Bertz CT molecular complexity index is 1100. The second-order valence-corrected chi connectivity index (χ2v) is 15.6. The molecule has 0 aliphatic heterocycles. The number of phenols is 1. The van der Waals surface area contributed by atoms with Crippen molar-refractivity contribution in [2.45, 2.75) is 115 Å². The van der Waals surface area contributed by atoms with E-state index >= 15 is 0 Å². The average Bonchev–Trinajstić information content (AvgIpc) is 3.68. The van der Waals surface area contributed by atoms with Crippen LogP contribution in [0.3, 0.4) is 0 Å². The zero-order chi connectivity index (χ0) is 31.0. The first-order valence-electron chi connectivity index (χ1n) is 16.5. The highest BCUT2D eigenvalue weighted by Crippen LogP contribution is 2.76. The summed E-state index contributed by atoms with van der Waals surface area (Å²) < 4.78 is 62.7. The Kier molecular flexibility index (Phi) is 10.1. The molecule has 5 rings (SSSR count). The van der Waals surface area contributed by atoms with E-state index in [4.69, 9.17) is 0 Å². The first-order chi connectivity index (χ1) is 20.3. The Hall–Kier alpha value is -1.06. The van der Waals surface area contributed by atoms with Crippen molar-refractivity contribution >= 4 is 11.8 Å². The van der Waals surface area contributed by atoms with Gasteiger partial charge in [-0.05, 0) is 154 Å². The number of halogens is 5. The third kappa shape index (κ3) is 6.74. The lowest BCUT2D eigenvalue weighted by molar-refractivity contribution is -0.284. The molecule has 4 aliphatic carbocycles. The zero-order valence-electron chi connectivity index (χ0n) is 25.8. The monoisotopic (exact) mass is 631 g/mol. The number of unbranched alkanes of at least 4 members (excludes halogenated alkanes) is 2. The molecule has 3 fully saturated rings. The molecule has 0 bridgehead atoms. The van der Waals surface area contributed by atoms with Crippen molar-refractivity contribution in [1.82, 2.24) is 4.90 Å². The summed E-state index contributed by atoms with van der Waals surface area (Å²) in [6.45, 7) is 4.39. The minimum Gasteiger partial charge on any atom is -0.508 e. The molecule has 4 aliphatic rings. The van der Waals surface area contributed by atoms with Gasteiger partial charge in [0.05, 0.1) is 6.10 Å². The molecule has 1 aromatic rings. The van der Waals surface area contributed by atoms with E-state index < -0.39 is 24.6 Å². The van der Waals surface area contributed by atoms with E-state index in [-0.39, 0.29) is 18.1 Å². The second-order valence-electron chi connectivity index (χ2n) is 14.4. The number of nitrogens with zero attached hydrogens (tertiary/aromatic N) is 1. The van der Waals surface area contributed by atoms with E-state index in [1.54, 1.807) is 12.1 Å². The SMILES string of the molecule is CN(CCCCC[C@H]1C2C(CC[C@@]3(C)C2CCC32CC2)c2ccc(O)cc2[C@H]1O)CCCSCCCC(F)(F)C(F)(F)F. The topological polar surface area (TPSA) is 43.7 Å². The van der Waals surface area contributed by atoms with Crippen LogP contribution in [-0.2, 0) is 0 Å². The van der Waals surface area contributed by atoms with Crippen LogP contribution in [-0.4, -0.2) is 58.9 Å². The number of benzene rings is 1. The van der Waals surface area contributed by atoms with Crippen LogP contribution in [0.25, 0.3) is 0 Å². The van der Waals surface area contributed by atoms with E-state index in [2.05, 4.69) is 24.9 Å². The summed E-state index contributed by atoms with van der Waals surface area (Å²) in [6, 6.07) is 5.68. The average molecular weight is 632 g/mol. The fourth-order valence-electron chi connectivity index (χ4n) is 9.43. The van der Waals surface area contributed by atoms with Gasteiger partial charge < -0.3 is 15.1 Å². The fraction of sp³-hybridized carbons (Fsp3) is 0.824. The van der Waals surface area contributed by atoms with Crippen LogP contribution < -0.4 is 0 Å². The van der Waals surface area contributed by atoms with Crippen LogP contribution >= 0.6 is 11.8 Å². The summed E-state index contributed by atoms with van der Waals surface area (Å²) in [7, 11) is 2.07. The molecule has 0 saturated heterocycles. The Balaban J connectivity index is 1.06. The molecule has 9 heteroatoms. The quantitative estimate of drug-likeness (QED) is 0.159. The Morgan fingerprint density at radius 3 is 2.35 bits per heavy atom. The molecule has 3 nitrogen and oxygen atoms in total. The molecule has 1 aromatic carbocycles. The summed E-state index contributed by atoms with van der Waals surface area (Å²) in [6.07, 6.45) is 5.69. The highest BCUT2D eigenvalue weighted by Gasteiger charge is 2.67. The van der Waals surface area contributed by atoms with E-state index in [1.165, 1.54) is 55.9 Å². The normalized spacial score (nSPS) is 31.2. The molecule has 3 unspecified atom stereocenters. The lowest BCUT2D eigenvalue weighted by atomic mass is 9.50. The van der Waals surface area contributed by atoms with Crippen molar-refractivity contribution in [3.63, 3.8) is 0 Å². The van der Waals surface area contributed by atoms with Crippen molar-refractivity contribution in [2.24, 2.45) is 28.6 Å². The number of thioether (sulfide) groups is 1. The van der Waals surface area contributed by atoms with Crippen molar-refractivity contribution < 1.29 is 32.2 Å². The molecular weight excluding hydrogens is 581 g/mol. The molecule has 244 valence electrons. The van der Waals surface area contributed by atoms with Crippen LogP contribution in [0.15, 0.2) is 18.2 Å². The number of hydrogen-bond donors (Lipinski definition) is 2. The van der Waals surface area contributed by atoms with E-state index in [0.29, 0.717) is 34.3 Å². The van der Waals surface area contributed by atoms with Gasteiger partial charge in [-0.1, -0.05) is 25.8 Å². The van der Waals surface area contributed by atoms with Gasteiger partial charge in [0.2, 0.25) is 0 Å². The van der Waals surface area contributed by atoms with E-state index in [1.807, 2.05) is 0 Å². The van der Waals surface area contributed by atoms with Gasteiger partial charge in [-0.25, -0.2) is 0 Å². The zero-order valence-corrected chi connectivity index (χ0v) is 26.6. The van der Waals surface area contributed by atoms with Crippen LogP contribution in [0.1, 0.15) is 114 Å². The minimum atomic E-state index is -5.46. The number of aliphatic hydroxyl groups is 1. The van der Waals surface area contributed by atoms with Gasteiger partial charge in [-0.2, -0.15) is 33.7 Å². The first-order valence-corrected chi connectivity index (χ1v) is 17.7. The maximum atomic E-state index is 13.0. The number of fused-ring (bicyclic) bond motifs is 6. The number of alkyl halides is 5. The van der Waals surface area contributed by atoms with Crippen LogP contribution in [0.5, 0.6) is 5.75 Å². The van der Waals surface area contributed by atoms with Crippen molar-refractivity contribution in [2.75, 3.05) is 31.6 Å². The highest BCUT2D eigenvalue weighted by atomic mass is 32.2. The van der Waals surface area contributed by atoms with E-state index in [9.17, 15) is 32.2 Å². The van der Waals surface area contributed by atoms with Crippen LogP contribution in [0.4, 0.5) is 22.0 Å². The molecular formula is C34H50F5NO2S. The van der Waals surface area contributed by atoms with Crippen molar-refractivity contribution in [3.05, 3.63) is 29.3 Å². The van der Waals surface area contributed by atoms with Gasteiger partial charge in [-0.3, -0.25) is 0 Å². The number of phenolic OH excluding ortho intramolecular Hbond substituents is 1. The van der Waals surface area contributed by atoms with E-state index in [0.717, 1.165) is 56.5 Å².